The van der Waals surface area contributed by atoms with Crippen molar-refractivity contribution in [3.05, 3.63) is 77.7 Å². The van der Waals surface area contributed by atoms with Crippen LogP contribution in [0.4, 0.5) is 4.39 Å². The van der Waals surface area contributed by atoms with Crippen molar-refractivity contribution < 1.29 is 9.18 Å². The first kappa shape index (κ1) is 19.4. The second-order valence-corrected chi connectivity index (χ2v) is 8.04. The average Bonchev–Trinajstić information content (AvgIpc) is 3.07. The molecule has 3 aromatic rings. The molecule has 1 atom stereocenters. The molecule has 2 nitrogen and oxygen atoms in total. The highest BCUT2D eigenvalue weighted by Gasteiger charge is 2.32. The summed E-state index contributed by atoms with van der Waals surface area (Å²) in [5, 5.41) is 0. The quantitative estimate of drug-likeness (QED) is 0.352. The monoisotopic (exact) mass is 387 g/mol. The van der Waals surface area contributed by atoms with E-state index in [-0.39, 0.29) is 5.82 Å². The first-order valence-electron chi connectivity index (χ1n) is 10.3. The number of fused-ring (bicyclic) bond motifs is 1. The lowest BCUT2D eigenvalue weighted by atomic mass is 9.83. The van der Waals surface area contributed by atoms with Crippen molar-refractivity contribution in [3.63, 3.8) is 0 Å². The molecule has 1 aliphatic heterocycles. The van der Waals surface area contributed by atoms with Crippen molar-refractivity contribution in [1.82, 2.24) is 4.57 Å². The minimum atomic E-state index is -0.246. The van der Waals surface area contributed by atoms with Crippen LogP contribution in [0.1, 0.15) is 43.9 Å². The molecule has 0 fully saturated rings. The third-order valence-corrected chi connectivity index (χ3v) is 5.92. The molecule has 1 unspecified atom stereocenters. The minimum absolute atomic E-state index is 0.246. The smallest absolute Gasteiger partial charge is 0.142 e. The number of hydrogen-bond acceptors (Lipinski definition) is 1. The third-order valence-electron chi connectivity index (χ3n) is 5.92. The molecular weight excluding hydrogens is 361 g/mol. The Hall–Kier alpha value is -2.94. The van der Waals surface area contributed by atoms with Crippen LogP contribution in [0, 0.1) is 11.7 Å². The maximum atomic E-state index is 13.7. The Labute approximate surface area is 171 Å². The zero-order valence-corrected chi connectivity index (χ0v) is 16.9. The van der Waals surface area contributed by atoms with Crippen molar-refractivity contribution in [2.75, 3.05) is 0 Å². The van der Waals surface area contributed by atoms with Crippen LogP contribution in [-0.2, 0) is 11.3 Å². The van der Waals surface area contributed by atoms with E-state index in [0.717, 1.165) is 53.6 Å². The van der Waals surface area contributed by atoms with E-state index in [1.54, 1.807) is 6.08 Å². The fraction of sp³-hybridized carbons (Fsp3) is 0.269. The van der Waals surface area contributed by atoms with Crippen LogP contribution in [0.5, 0.6) is 0 Å². The number of carbonyl (C=O) groups is 1. The molecule has 0 N–H and O–H groups in total. The molecule has 148 valence electrons. The van der Waals surface area contributed by atoms with Crippen LogP contribution >= 0.6 is 0 Å². The molecule has 0 aliphatic carbocycles. The summed E-state index contributed by atoms with van der Waals surface area (Å²) in [6.45, 7) is 5.48. The fourth-order valence-electron chi connectivity index (χ4n) is 4.65. The Bertz CT molecular complexity index is 1030. The lowest BCUT2D eigenvalue weighted by molar-refractivity contribution is -0.104. The molecule has 1 aliphatic rings. The predicted octanol–water partition coefficient (Wildman–Crippen LogP) is 6.71. The second-order valence-electron chi connectivity index (χ2n) is 8.04. The highest BCUT2D eigenvalue weighted by atomic mass is 19.1. The second kappa shape index (κ2) is 8.20. The molecule has 0 saturated heterocycles. The van der Waals surface area contributed by atoms with E-state index in [1.807, 2.05) is 36.4 Å². The van der Waals surface area contributed by atoms with Crippen molar-refractivity contribution in [3.8, 4) is 22.4 Å². The first-order chi connectivity index (χ1) is 14.1. The van der Waals surface area contributed by atoms with E-state index in [2.05, 4.69) is 30.5 Å². The number of rotatable bonds is 5. The molecule has 0 radical (unpaired) electrons. The van der Waals surface area contributed by atoms with Crippen molar-refractivity contribution in [2.45, 2.75) is 39.2 Å². The largest absolute Gasteiger partial charge is 0.343 e. The highest BCUT2D eigenvalue weighted by Crippen LogP contribution is 2.47. The van der Waals surface area contributed by atoms with Crippen LogP contribution in [-0.4, -0.2) is 10.9 Å². The highest BCUT2D eigenvalue weighted by molar-refractivity contribution is 5.92. The number of nitrogens with zero attached hydrogens (tertiary/aromatic N) is 1. The van der Waals surface area contributed by atoms with Gasteiger partial charge in [0.2, 0.25) is 0 Å². The number of aldehydes is 1. The normalized spacial score (nSPS) is 16.3. The summed E-state index contributed by atoms with van der Waals surface area (Å²) >= 11 is 0. The number of aromatic nitrogens is 1. The molecule has 2 aromatic carbocycles. The Balaban J connectivity index is 2.09. The van der Waals surface area contributed by atoms with Gasteiger partial charge in [0.15, 0.2) is 0 Å². The Kier molecular flexibility index (Phi) is 5.48. The van der Waals surface area contributed by atoms with Crippen LogP contribution in [0.25, 0.3) is 28.5 Å². The number of allylic oxidation sites excluding steroid dienone is 1. The standard InChI is InChI=1S/C26H26FNO/c1-18(2)22-10-6-16-28-25(20-8-4-3-5-9-20)24(19-12-14-21(27)15-13-19)23(26(22)28)11-7-17-29/h3-5,7-9,11-15,17-18,22H,6,10,16H2,1-2H3/b11-7+. The van der Waals surface area contributed by atoms with Gasteiger partial charge in [-0.25, -0.2) is 4.39 Å². The number of hydrogen-bond donors (Lipinski definition) is 0. The molecule has 29 heavy (non-hydrogen) atoms. The van der Waals surface area contributed by atoms with Gasteiger partial charge in [-0.2, -0.15) is 0 Å². The number of benzene rings is 2. The van der Waals surface area contributed by atoms with Crippen LogP contribution < -0.4 is 0 Å². The van der Waals surface area contributed by atoms with Crippen molar-refractivity contribution in [1.29, 1.82) is 0 Å². The molecule has 4 rings (SSSR count). The average molecular weight is 387 g/mol. The van der Waals surface area contributed by atoms with Gasteiger partial charge in [0.1, 0.15) is 12.1 Å². The van der Waals surface area contributed by atoms with Gasteiger partial charge >= 0.3 is 0 Å². The molecular formula is C26H26FNO. The first-order valence-corrected chi connectivity index (χ1v) is 10.3. The zero-order chi connectivity index (χ0) is 20.4. The lowest BCUT2D eigenvalue weighted by Gasteiger charge is -2.30. The maximum absolute atomic E-state index is 13.7. The fourth-order valence-corrected chi connectivity index (χ4v) is 4.65. The van der Waals surface area contributed by atoms with E-state index in [4.69, 9.17) is 0 Å². The van der Waals surface area contributed by atoms with E-state index in [9.17, 15) is 9.18 Å². The van der Waals surface area contributed by atoms with E-state index >= 15 is 0 Å². The third kappa shape index (κ3) is 3.57. The summed E-state index contributed by atoms with van der Waals surface area (Å²) < 4.78 is 16.1. The predicted molar refractivity (Wildman–Crippen MR) is 117 cm³/mol. The van der Waals surface area contributed by atoms with Crippen LogP contribution in [0.2, 0.25) is 0 Å². The van der Waals surface area contributed by atoms with E-state index in [1.165, 1.54) is 17.8 Å². The van der Waals surface area contributed by atoms with Crippen molar-refractivity contribution in [2.24, 2.45) is 5.92 Å². The van der Waals surface area contributed by atoms with Gasteiger partial charge in [0.25, 0.3) is 0 Å². The van der Waals surface area contributed by atoms with E-state index < -0.39 is 0 Å². The number of carbonyl (C=O) groups excluding carboxylic acids is 1. The van der Waals surface area contributed by atoms with Crippen molar-refractivity contribution >= 4 is 12.4 Å². The summed E-state index contributed by atoms with van der Waals surface area (Å²) in [5.41, 5.74) is 6.73. The molecule has 0 saturated carbocycles. The lowest BCUT2D eigenvalue weighted by Crippen LogP contribution is -2.20. The molecule has 0 bridgehead atoms. The summed E-state index contributed by atoms with van der Waals surface area (Å²) in [7, 11) is 0. The molecule has 0 amide bonds. The molecule has 3 heteroatoms. The van der Waals surface area contributed by atoms with Gasteiger partial charge < -0.3 is 4.57 Å². The molecule has 2 heterocycles. The molecule has 1 aromatic heterocycles. The zero-order valence-electron chi connectivity index (χ0n) is 16.9. The minimum Gasteiger partial charge on any atom is -0.343 e. The summed E-state index contributed by atoms with van der Waals surface area (Å²) in [6, 6.07) is 17.1. The van der Waals surface area contributed by atoms with Gasteiger partial charge in [-0.3, -0.25) is 4.79 Å². The summed E-state index contributed by atoms with van der Waals surface area (Å²) in [6.07, 6.45) is 6.60. The summed E-state index contributed by atoms with van der Waals surface area (Å²) in [4.78, 5) is 11.2. The van der Waals surface area contributed by atoms with Gasteiger partial charge in [0, 0.05) is 29.3 Å². The van der Waals surface area contributed by atoms with Gasteiger partial charge in [0.05, 0.1) is 5.69 Å². The van der Waals surface area contributed by atoms with Crippen LogP contribution in [0.15, 0.2) is 60.7 Å². The Morgan fingerprint density at radius 1 is 1.03 bits per heavy atom. The van der Waals surface area contributed by atoms with Gasteiger partial charge in [-0.15, -0.1) is 0 Å². The summed E-state index contributed by atoms with van der Waals surface area (Å²) in [5.74, 6) is 0.674. The molecule has 0 spiro atoms. The topological polar surface area (TPSA) is 22.0 Å². The maximum Gasteiger partial charge on any atom is 0.142 e. The van der Waals surface area contributed by atoms with Gasteiger partial charge in [-0.05, 0) is 54.2 Å². The van der Waals surface area contributed by atoms with Gasteiger partial charge in [-0.1, -0.05) is 56.3 Å². The Morgan fingerprint density at radius 2 is 1.76 bits per heavy atom. The van der Waals surface area contributed by atoms with E-state index in [0.29, 0.717) is 11.8 Å². The SMILES string of the molecule is CC(C)C1CCCn2c(-c3ccccc3)c(-c3ccc(F)cc3)c(/C=C/C=O)c21. The number of halogens is 1. The van der Waals surface area contributed by atoms with Crippen LogP contribution in [0.3, 0.4) is 0 Å². The Morgan fingerprint density at radius 3 is 2.41 bits per heavy atom.